The minimum absolute atomic E-state index is 0.197. The number of carbonyl (C=O) groups excluding carboxylic acids is 1. The maximum Gasteiger partial charge on any atom is 0.178 e. The Morgan fingerprint density at radius 1 is 0.773 bits per heavy atom. The molecule has 0 aromatic rings. The van der Waals surface area contributed by atoms with E-state index in [0.29, 0.717) is 0 Å². The summed E-state index contributed by atoms with van der Waals surface area (Å²) in [4.78, 5) is 12.2. The van der Waals surface area contributed by atoms with Gasteiger partial charge in [0.15, 0.2) is 5.78 Å². The smallest absolute Gasteiger partial charge is 0.178 e. The zero-order valence-corrected chi connectivity index (χ0v) is 15.9. The van der Waals surface area contributed by atoms with Gasteiger partial charge < -0.3 is 0 Å². The normalized spacial score (nSPS) is 13.3. The Morgan fingerprint density at radius 2 is 1.14 bits per heavy atom. The summed E-state index contributed by atoms with van der Waals surface area (Å²) < 4.78 is 0. The Kier molecular flexibility index (Phi) is 12.2. The van der Waals surface area contributed by atoms with Gasteiger partial charge in [0.2, 0.25) is 0 Å². The Labute approximate surface area is 139 Å². The third kappa shape index (κ3) is 11.8. The van der Waals surface area contributed by atoms with Crippen LogP contribution in [0.1, 0.15) is 92.9 Å². The minimum atomic E-state index is 0.197. The maximum absolute atomic E-state index is 12.2. The molecule has 1 heteroatoms. The fraction of sp³-hybridized carbons (Fsp3) is 0.762. The van der Waals surface area contributed by atoms with Gasteiger partial charge in [-0.2, -0.15) is 0 Å². The van der Waals surface area contributed by atoms with E-state index in [2.05, 4.69) is 41.5 Å². The predicted molar refractivity (Wildman–Crippen MR) is 99.1 cm³/mol. The molecule has 0 unspecified atom stereocenters. The molecule has 22 heavy (non-hydrogen) atoms. The monoisotopic (exact) mass is 306 g/mol. The topological polar surface area (TPSA) is 17.1 Å². The van der Waals surface area contributed by atoms with Crippen molar-refractivity contribution in [2.24, 2.45) is 11.8 Å². The van der Waals surface area contributed by atoms with Crippen molar-refractivity contribution in [1.29, 1.82) is 0 Å². The Hall–Kier alpha value is -0.850. The lowest BCUT2D eigenvalue weighted by molar-refractivity contribution is -0.110. The summed E-state index contributed by atoms with van der Waals surface area (Å²) in [6.07, 6.45) is 12.8. The fourth-order valence-electron chi connectivity index (χ4n) is 2.62. The summed E-state index contributed by atoms with van der Waals surface area (Å²) in [5, 5.41) is 0. The molecule has 0 amide bonds. The van der Waals surface area contributed by atoms with E-state index < -0.39 is 0 Å². The molecule has 0 aromatic carbocycles. The SMILES string of the molecule is CCC(=CC(=O)C=C(CC)CCCC(C)C)CCCC(C)C. The van der Waals surface area contributed by atoms with Gasteiger partial charge in [0, 0.05) is 0 Å². The van der Waals surface area contributed by atoms with Crippen LogP contribution in [0.3, 0.4) is 0 Å². The van der Waals surface area contributed by atoms with Crippen molar-refractivity contribution in [3.05, 3.63) is 23.3 Å². The molecule has 0 radical (unpaired) electrons. The Bertz CT molecular complexity index is 324. The zero-order chi connectivity index (χ0) is 17.0. The lowest BCUT2D eigenvalue weighted by Crippen LogP contribution is -1.96. The van der Waals surface area contributed by atoms with E-state index in [-0.39, 0.29) is 5.78 Å². The molecule has 0 bridgehead atoms. The second kappa shape index (κ2) is 12.7. The Balaban J connectivity index is 4.48. The molecule has 0 saturated carbocycles. The van der Waals surface area contributed by atoms with Gasteiger partial charge in [-0.25, -0.2) is 0 Å². The maximum atomic E-state index is 12.2. The summed E-state index contributed by atoms with van der Waals surface area (Å²) in [5.74, 6) is 1.70. The van der Waals surface area contributed by atoms with Crippen LogP contribution in [0.15, 0.2) is 23.3 Å². The van der Waals surface area contributed by atoms with Crippen LogP contribution in [-0.2, 0) is 4.79 Å². The van der Waals surface area contributed by atoms with Gasteiger partial charge in [0.1, 0.15) is 0 Å². The fourth-order valence-corrected chi connectivity index (χ4v) is 2.62. The van der Waals surface area contributed by atoms with Crippen molar-refractivity contribution in [3.63, 3.8) is 0 Å². The van der Waals surface area contributed by atoms with Gasteiger partial charge in [-0.3, -0.25) is 4.79 Å². The van der Waals surface area contributed by atoms with Crippen LogP contribution in [0, 0.1) is 11.8 Å². The molecule has 0 saturated heterocycles. The van der Waals surface area contributed by atoms with Crippen LogP contribution in [0.2, 0.25) is 0 Å². The van der Waals surface area contributed by atoms with Crippen molar-refractivity contribution in [3.8, 4) is 0 Å². The van der Waals surface area contributed by atoms with Gasteiger partial charge >= 0.3 is 0 Å². The second-order valence-electron chi connectivity index (χ2n) is 7.29. The highest BCUT2D eigenvalue weighted by atomic mass is 16.1. The largest absolute Gasteiger partial charge is 0.290 e. The molecular formula is C21H38O. The number of ketones is 1. The molecule has 0 fully saturated rings. The lowest BCUT2D eigenvalue weighted by Gasteiger charge is -2.08. The summed E-state index contributed by atoms with van der Waals surface area (Å²) >= 11 is 0. The molecule has 0 aliphatic heterocycles. The van der Waals surface area contributed by atoms with Crippen LogP contribution >= 0.6 is 0 Å². The number of allylic oxidation sites excluding steroid dienone is 4. The molecule has 0 atom stereocenters. The highest BCUT2D eigenvalue weighted by Crippen LogP contribution is 2.17. The van der Waals surface area contributed by atoms with E-state index in [9.17, 15) is 4.79 Å². The minimum Gasteiger partial charge on any atom is -0.290 e. The van der Waals surface area contributed by atoms with Crippen molar-refractivity contribution in [2.45, 2.75) is 92.9 Å². The predicted octanol–water partition coefficient (Wildman–Crippen LogP) is 6.88. The third-order valence-electron chi connectivity index (χ3n) is 4.16. The van der Waals surface area contributed by atoms with E-state index in [1.165, 1.54) is 36.8 Å². The molecule has 1 nitrogen and oxygen atoms in total. The molecule has 0 aliphatic rings. The third-order valence-corrected chi connectivity index (χ3v) is 4.16. The molecule has 0 aromatic heterocycles. The van der Waals surface area contributed by atoms with Gasteiger partial charge in [-0.1, -0.05) is 65.5 Å². The van der Waals surface area contributed by atoms with E-state index >= 15 is 0 Å². The van der Waals surface area contributed by atoms with E-state index in [1.54, 1.807) is 0 Å². The molecule has 0 aliphatic carbocycles. The summed E-state index contributed by atoms with van der Waals surface area (Å²) in [6.45, 7) is 13.3. The van der Waals surface area contributed by atoms with E-state index in [1.807, 2.05) is 12.2 Å². The highest BCUT2D eigenvalue weighted by Gasteiger charge is 2.03. The molecule has 0 heterocycles. The van der Waals surface area contributed by atoms with E-state index in [4.69, 9.17) is 0 Å². The number of rotatable bonds is 12. The summed E-state index contributed by atoms with van der Waals surface area (Å²) in [7, 11) is 0. The molecular weight excluding hydrogens is 268 g/mol. The summed E-state index contributed by atoms with van der Waals surface area (Å²) in [6, 6.07) is 0. The Morgan fingerprint density at radius 3 is 1.41 bits per heavy atom. The van der Waals surface area contributed by atoms with Crippen molar-refractivity contribution >= 4 is 5.78 Å². The van der Waals surface area contributed by atoms with Gasteiger partial charge in [0.05, 0.1) is 0 Å². The first-order valence-electron chi connectivity index (χ1n) is 9.31. The van der Waals surface area contributed by atoms with Crippen molar-refractivity contribution in [1.82, 2.24) is 0 Å². The first-order chi connectivity index (χ1) is 10.4. The number of hydrogen-bond acceptors (Lipinski definition) is 1. The molecule has 0 rings (SSSR count). The van der Waals surface area contributed by atoms with Crippen LogP contribution in [-0.4, -0.2) is 5.78 Å². The van der Waals surface area contributed by atoms with Gasteiger partial charge in [-0.05, 0) is 62.5 Å². The van der Waals surface area contributed by atoms with Gasteiger partial charge in [-0.15, -0.1) is 0 Å². The summed E-state index contributed by atoms with van der Waals surface area (Å²) in [5.41, 5.74) is 2.61. The standard InChI is InChI=1S/C21H38O/c1-7-19(13-9-11-17(3)4)15-21(22)16-20(8-2)14-10-12-18(5)6/h15-18H,7-14H2,1-6H3. The zero-order valence-electron chi connectivity index (χ0n) is 15.9. The highest BCUT2D eigenvalue weighted by molar-refractivity contribution is 6.00. The molecule has 0 N–H and O–H groups in total. The molecule has 0 spiro atoms. The average Bonchev–Trinajstić information content (AvgIpc) is 2.44. The average molecular weight is 307 g/mol. The number of carbonyl (C=O) groups is 1. The van der Waals surface area contributed by atoms with Crippen molar-refractivity contribution in [2.75, 3.05) is 0 Å². The van der Waals surface area contributed by atoms with Crippen molar-refractivity contribution < 1.29 is 4.79 Å². The van der Waals surface area contributed by atoms with Gasteiger partial charge in [0.25, 0.3) is 0 Å². The van der Waals surface area contributed by atoms with Crippen LogP contribution in [0.4, 0.5) is 0 Å². The first kappa shape index (κ1) is 21.1. The van der Waals surface area contributed by atoms with Crippen LogP contribution in [0.25, 0.3) is 0 Å². The van der Waals surface area contributed by atoms with Crippen LogP contribution in [0.5, 0.6) is 0 Å². The lowest BCUT2D eigenvalue weighted by atomic mass is 9.98. The van der Waals surface area contributed by atoms with Crippen LogP contribution < -0.4 is 0 Å². The quantitative estimate of drug-likeness (QED) is 0.359. The first-order valence-corrected chi connectivity index (χ1v) is 9.31. The second-order valence-corrected chi connectivity index (χ2v) is 7.29. The number of hydrogen-bond donors (Lipinski definition) is 0. The molecule has 128 valence electrons. The van der Waals surface area contributed by atoms with E-state index in [0.717, 1.165) is 37.5 Å².